The normalized spacial score (nSPS) is 17.4. The van der Waals surface area contributed by atoms with E-state index < -0.39 is 0 Å². The average Bonchev–Trinajstić information content (AvgIpc) is 2.46. The van der Waals surface area contributed by atoms with E-state index >= 15 is 0 Å². The summed E-state index contributed by atoms with van der Waals surface area (Å²) in [7, 11) is 2.18. The number of nitrogens with zero attached hydrogens (tertiary/aromatic N) is 2. The third-order valence-corrected chi connectivity index (χ3v) is 3.85. The van der Waals surface area contributed by atoms with Gasteiger partial charge in [-0.3, -0.25) is 4.99 Å². The summed E-state index contributed by atoms with van der Waals surface area (Å²) in [4.78, 5) is 6.78. The smallest absolute Gasteiger partial charge is 0.191 e. The number of fused-ring (bicyclic) bond motifs is 1. The molecule has 0 saturated heterocycles. The second-order valence-corrected chi connectivity index (χ2v) is 5.35. The van der Waals surface area contributed by atoms with Gasteiger partial charge in [0.2, 0.25) is 0 Å². The van der Waals surface area contributed by atoms with Crippen molar-refractivity contribution < 1.29 is 0 Å². The van der Waals surface area contributed by atoms with Crippen LogP contribution in [0.3, 0.4) is 0 Å². The molecule has 0 atom stereocenters. The molecule has 0 radical (unpaired) electrons. The second kappa shape index (κ2) is 7.15. The largest absolute Gasteiger partial charge is 0.374 e. The number of aliphatic imine (C=N–C) groups is 1. The minimum Gasteiger partial charge on any atom is -0.374 e. The van der Waals surface area contributed by atoms with Gasteiger partial charge in [0, 0.05) is 38.9 Å². The van der Waals surface area contributed by atoms with Crippen LogP contribution in [0.4, 0.5) is 5.69 Å². The van der Waals surface area contributed by atoms with E-state index in [4.69, 9.17) is 0 Å². The SMILES string of the molecule is CN1CCCc2cc(CNC3=NCCCN3)ccc21.I. The van der Waals surface area contributed by atoms with Crippen molar-refractivity contribution in [3.05, 3.63) is 29.3 Å². The predicted molar refractivity (Wildman–Crippen MR) is 95.2 cm³/mol. The van der Waals surface area contributed by atoms with Crippen molar-refractivity contribution in [1.82, 2.24) is 10.6 Å². The highest BCUT2D eigenvalue weighted by molar-refractivity contribution is 14.0. The molecule has 5 heteroatoms. The third kappa shape index (κ3) is 3.56. The zero-order chi connectivity index (χ0) is 13.1. The van der Waals surface area contributed by atoms with Crippen molar-refractivity contribution in [2.24, 2.45) is 4.99 Å². The summed E-state index contributed by atoms with van der Waals surface area (Å²) in [5, 5.41) is 6.67. The first-order valence-electron chi connectivity index (χ1n) is 7.18. The van der Waals surface area contributed by atoms with Crippen molar-refractivity contribution in [2.75, 3.05) is 31.6 Å². The van der Waals surface area contributed by atoms with Gasteiger partial charge in [-0.05, 0) is 36.5 Å². The molecular formula is C15H23IN4. The fraction of sp³-hybridized carbons (Fsp3) is 0.533. The first-order valence-corrected chi connectivity index (χ1v) is 7.18. The molecule has 2 N–H and O–H groups in total. The molecule has 0 saturated carbocycles. The van der Waals surface area contributed by atoms with Gasteiger partial charge in [-0.2, -0.15) is 0 Å². The first kappa shape index (κ1) is 15.4. The van der Waals surface area contributed by atoms with Gasteiger partial charge in [-0.1, -0.05) is 12.1 Å². The van der Waals surface area contributed by atoms with E-state index in [1.54, 1.807) is 0 Å². The number of rotatable bonds is 2. The van der Waals surface area contributed by atoms with E-state index in [1.807, 2.05) is 0 Å². The van der Waals surface area contributed by atoms with E-state index in [-0.39, 0.29) is 24.0 Å². The lowest BCUT2D eigenvalue weighted by atomic mass is 9.99. The number of guanidine groups is 1. The number of nitrogens with one attached hydrogen (secondary N) is 2. The van der Waals surface area contributed by atoms with Crippen LogP contribution in [0.2, 0.25) is 0 Å². The fourth-order valence-electron chi connectivity index (χ4n) is 2.79. The van der Waals surface area contributed by atoms with E-state index in [2.05, 4.69) is 45.8 Å². The molecule has 20 heavy (non-hydrogen) atoms. The van der Waals surface area contributed by atoms with Crippen LogP contribution >= 0.6 is 24.0 Å². The molecule has 1 aromatic rings. The summed E-state index contributed by atoms with van der Waals surface area (Å²) in [5.41, 5.74) is 4.21. The quantitative estimate of drug-likeness (QED) is 0.766. The lowest BCUT2D eigenvalue weighted by Gasteiger charge is -2.28. The Morgan fingerprint density at radius 3 is 3.05 bits per heavy atom. The van der Waals surface area contributed by atoms with Crippen LogP contribution in [0, 0.1) is 0 Å². The van der Waals surface area contributed by atoms with Crippen molar-refractivity contribution in [3.63, 3.8) is 0 Å². The number of halogens is 1. The molecule has 110 valence electrons. The molecule has 4 nitrogen and oxygen atoms in total. The van der Waals surface area contributed by atoms with Crippen LogP contribution in [-0.2, 0) is 13.0 Å². The maximum Gasteiger partial charge on any atom is 0.191 e. The topological polar surface area (TPSA) is 39.7 Å². The predicted octanol–water partition coefficient (Wildman–Crippen LogP) is 2.13. The third-order valence-electron chi connectivity index (χ3n) is 3.85. The lowest BCUT2D eigenvalue weighted by Crippen LogP contribution is -2.40. The van der Waals surface area contributed by atoms with Crippen LogP contribution in [-0.4, -0.2) is 32.6 Å². The van der Waals surface area contributed by atoms with Gasteiger partial charge in [-0.25, -0.2) is 0 Å². The van der Waals surface area contributed by atoms with Crippen molar-refractivity contribution in [3.8, 4) is 0 Å². The van der Waals surface area contributed by atoms with Gasteiger partial charge in [0.15, 0.2) is 5.96 Å². The number of hydrogen-bond donors (Lipinski definition) is 2. The van der Waals surface area contributed by atoms with Gasteiger partial charge < -0.3 is 15.5 Å². The van der Waals surface area contributed by atoms with E-state index in [1.165, 1.54) is 36.2 Å². The Kier molecular flexibility index (Phi) is 5.51. The number of hydrogen-bond acceptors (Lipinski definition) is 4. The molecule has 0 fully saturated rings. The van der Waals surface area contributed by atoms with Crippen LogP contribution in [0.5, 0.6) is 0 Å². The van der Waals surface area contributed by atoms with Crippen LogP contribution in [0.25, 0.3) is 0 Å². The van der Waals surface area contributed by atoms with Crippen molar-refractivity contribution >= 4 is 35.6 Å². The highest BCUT2D eigenvalue weighted by Gasteiger charge is 2.13. The molecule has 3 rings (SSSR count). The van der Waals surface area contributed by atoms with Gasteiger partial charge in [0.25, 0.3) is 0 Å². The van der Waals surface area contributed by atoms with Crippen molar-refractivity contribution in [1.29, 1.82) is 0 Å². The van der Waals surface area contributed by atoms with Gasteiger partial charge in [0.05, 0.1) is 0 Å². The molecule has 1 aromatic carbocycles. The van der Waals surface area contributed by atoms with Crippen LogP contribution in [0.15, 0.2) is 23.2 Å². The lowest BCUT2D eigenvalue weighted by molar-refractivity contribution is 0.700. The Labute approximate surface area is 138 Å². The summed E-state index contributed by atoms with van der Waals surface area (Å²) in [6.07, 6.45) is 3.59. The fourth-order valence-corrected chi connectivity index (χ4v) is 2.79. The zero-order valence-electron chi connectivity index (χ0n) is 12.0. The molecule has 0 aliphatic carbocycles. The van der Waals surface area contributed by atoms with E-state index in [0.29, 0.717) is 0 Å². The Balaban J connectivity index is 0.00000147. The molecule has 0 spiro atoms. The number of anilines is 1. The zero-order valence-corrected chi connectivity index (χ0v) is 14.3. The van der Waals surface area contributed by atoms with Gasteiger partial charge >= 0.3 is 0 Å². The number of benzene rings is 1. The first-order chi connectivity index (χ1) is 9.33. The van der Waals surface area contributed by atoms with E-state index in [9.17, 15) is 0 Å². The Morgan fingerprint density at radius 1 is 1.35 bits per heavy atom. The average molecular weight is 386 g/mol. The maximum absolute atomic E-state index is 4.43. The highest BCUT2D eigenvalue weighted by atomic mass is 127. The minimum absolute atomic E-state index is 0. The number of aryl methyl sites for hydroxylation is 1. The Hall–Kier alpha value is -0.980. The molecular weight excluding hydrogens is 363 g/mol. The monoisotopic (exact) mass is 386 g/mol. The second-order valence-electron chi connectivity index (χ2n) is 5.35. The van der Waals surface area contributed by atoms with Gasteiger partial charge in [-0.15, -0.1) is 24.0 Å². The summed E-state index contributed by atoms with van der Waals surface area (Å²) in [5.74, 6) is 0.945. The minimum atomic E-state index is 0. The van der Waals surface area contributed by atoms with Crippen LogP contribution < -0.4 is 15.5 Å². The molecule has 0 bridgehead atoms. The summed E-state index contributed by atoms with van der Waals surface area (Å²) >= 11 is 0. The Bertz CT molecular complexity index is 487. The molecule has 0 unspecified atom stereocenters. The van der Waals surface area contributed by atoms with E-state index in [0.717, 1.165) is 32.0 Å². The molecule has 0 aromatic heterocycles. The highest BCUT2D eigenvalue weighted by Crippen LogP contribution is 2.26. The summed E-state index contributed by atoms with van der Waals surface area (Å²) in [6, 6.07) is 6.81. The summed E-state index contributed by atoms with van der Waals surface area (Å²) in [6.45, 7) is 3.99. The summed E-state index contributed by atoms with van der Waals surface area (Å²) < 4.78 is 0. The maximum atomic E-state index is 4.43. The Morgan fingerprint density at radius 2 is 2.25 bits per heavy atom. The molecule has 2 aliphatic rings. The molecule has 2 aliphatic heterocycles. The van der Waals surface area contributed by atoms with Crippen molar-refractivity contribution in [2.45, 2.75) is 25.8 Å². The standard InChI is InChI=1S/C15H22N4.HI/c1-19-9-2-4-13-10-12(5-6-14(13)19)11-18-15-16-7-3-8-17-15;/h5-6,10H,2-4,7-9,11H2,1H3,(H2,16,17,18);1H. The molecule has 0 amide bonds. The van der Waals surface area contributed by atoms with Gasteiger partial charge in [0.1, 0.15) is 0 Å². The molecule has 2 heterocycles. The van der Waals surface area contributed by atoms with Crippen LogP contribution in [0.1, 0.15) is 24.0 Å².